The molecule has 0 radical (unpaired) electrons. The van der Waals surface area contributed by atoms with Crippen molar-refractivity contribution in [2.24, 2.45) is 0 Å². The Bertz CT molecular complexity index is 1320. The summed E-state index contributed by atoms with van der Waals surface area (Å²) in [6, 6.07) is 19.6. The highest BCUT2D eigenvalue weighted by Crippen LogP contribution is 2.48. The number of ether oxygens (including phenoxy) is 5. The Morgan fingerprint density at radius 1 is 0.889 bits per heavy atom. The molecule has 0 amide bonds. The first-order valence-electron chi connectivity index (χ1n) is 12.2. The zero-order valence-electron chi connectivity index (χ0n) is 21.2. The maximum absolute atomic E-state index is 13.4. The van der Waals surface area contributed by atoms with Gasteiger partial charge in [-0.2, -0.15) is 0 Å². The summed E-state index contributed by atoms with van der Waals surface area (Å²) in [5.41, 5.74) is 4.77. The molecule has 5 rings (SSSR count). The molecule has 0 aliphatic carbocycles. The zero-order valence-corrected chi connectivity index (χ0v) is 21.2. The van der Waals surface area contributed by atoms with Crippen LogP contribution in [-0.2, 0) is 9.53 Å². The first-order chi connectivity index (χ1) is 17.4. The zero-order chi connectivity index (χ0) is 25.4. The van der Waals surface area contributed by atoms with Gasteiger partial charge in [-0.15, -0.1) is 0 Å². The van der Waals surface area contributed by atoms with E-state index in [1.54, 1.807) is 0 Å². The van der Waals surface area contributed by atoms with Gasteiger partial charge in [0.15, 0.2) is 17.6 Å². The van der Waals surface area contributed by atoms with E-state index in [1.165, 1.54) is 12.7 Å². The van der Waals surface area contributed by atoms with Gasteiger partial charge in [-0.1, -0.05) is 44.2 Å². The van der Waals surface area contributed by atoms with Gasteiger partial charge < -0.3 is 23.7 Å². The molecule has 3 aromatic carbocycles. The third-order valence-corrected chi connectivity index (χ3v) is 6.34. The van der Waals surface area contributed by atoms with E-state index in [0.717, 1.165) is 16.7 Å². The van der Waals surface area contributed by atoms with Gasteiger partial charge >= 0.3 is 5.97 Å². The SMILES string of the molecule is COC(=O)C1=C(c2ccc3c(c2)OCO3)c2cc(OC(C)C)ccc2OC1c1ccc(C(C)C)cc1. The summed E-state index contributed by atoms with van der Waals surface area (Å²) in [7, 11) is 1.39. The van der Waals surface area contributed by atoms with Crippen LogP contribution < -0.4 is 18.9 Å². The van der Waals surface area contributed by atoms with Gasteiger partial charge in [-0.3, -0.25) is 0 Å². The number of fused-ring (bicyclic) bond motifs is 2. The number of benzene rings is 3. The minimum Gasteiger partial charge on any atom is -0.491 e. The van der Waals surface area contributed by atoms with E-state index < -0.39 is 12.1 Å². The van der Waals surface area contributed by atoms with E-state index in [2.05, 4.69) is 26.0 Å². The lowest BCUT2D eigenvalue weighted by atomic mass is 9.85. The van der Waals surface area contributed by atoms with E-state index in [4.69, 9.17) is 23.7 Å². The van der Waals surface area contributed by atoms with Crippen molar-refractivity contribution in [3.63, 3.8) is 0 Å². The molecule has 1 unspecified atom stereocenters. The number of carbonyl (C=O) groups is 1. The van der Waals surface area contributed by atoms with E-state index in [9.17, 15) is 4.79 Å². The average Bonchev–Trinajstić information content (AvgIpc) is 3.35. The summed E-state index contributed by atoms with van der Waals surface area (Å²) >= 11 is 0. The van der Waals surface area contributed by atoms with Crippen LogP contribution in [0.1, 0.15) is 62.0 Å². The number of carbonyl (C=O) groups excluding carboxylic acids is 1. The Morgan fingerprint density at radius 3 is 2.31 bits per heavy atom. The van der Waals surface area contributed by atoms with Crippen LogP contribution in [0.15, 0.2) is 66.2 Å². The fourth-order valence-corrected chi connectivity index (χ4v) is 4.59. The smallest absolute Gasteiger partial charge is 0.338 e. The topological polar surface area (TPSA) is 63.2 Å². The van der Waals surface area contributed by atoms with Gasteiger partial charge in [0.05, 0.1) is 18.8 Å². The molecule has 0 bridgehead atoms. The van der Waals surface area contributed by atoms with Crippen LogP contribution in [0.2, 0.25) is 0 Å². The lowest BCUT2D eigenvalue weighted by Crippen LogP contribution is -2.24. The summed E-state index contributed by atoms with van der Waals surface area (Å²) in [6.45, 7) is 8.41. The van der Waals surface area contributed by atoms with Crippen LogP contribution in [-0.4, -0.2) is 26.0 Å². The minimum absolute atomic E-state index is 0.00201. The number of esters is 1. The second-order valence-electron chi connectivity index (χ2n) is 9.49. The monoisotopic (exact) mass is 486 g/mol. The second kappa shape index (κ2) is 9.61. The predicted octanol–water partition coefficient (Wildman–Crippen LogP) is 6.43. The number of rotatable bonds is 6. The number of hydrogen-bond acceptors (Lipinski definition) is 6. The maximum atomic E-state index is 13.4. The number of methoxy groups -OCH3 is 1. The molecule has 1 atom stereocenters. The van der Waals surface area contributed by atoms with E-state index in [0.29, 0.717) is 40.1 Å². The third-order valence-electron chi connectivity index (χ3n) is 6.34. The molecular weight excluding hydrogens is 456 g/mol. The largest absolute Gasteiger partial charge is 0.491 e. The van der Waals surface area contributed by atoms with Crippen molar-refractivity contribution in [1.29, 1.82) is 0 Å². The van der Waals surface area contributed by atoms with Gasteiger partial charge in [0.1, 0.15) is 11.5 Å². The fourth-order valence-electron chi connectivity index (χ4n) is 4.59. The lowest BCUT2D eigenvalue weighted by Gasteiger charge is -2.31. The van der Waals surface area contributed by atoms with Gasteiger partial charge in [0.2, 0.25) is 6.79 Å². The fraction of sp³-hybridized carbons (Fsp3) is 0.300. The molecule has 6 heteroatoms. The molecule has 2 aliphatic heterocycles. The Balaban J connectivity index is 1.74. The highest BCUT2D eigenvalue weighted by atomic mass is 16.7. The molecule has 186 valence electrons. The Morgan fingerprint density at radius 2 is 1.61 bits per heavy atom. The Labute approximate surface area is 211 Å². The van der Waals surface area contributed by atoms with Crippen molar-refractivity contribution in [2.45, 2.75) is 45.8 Å². The lowest BCUT2D eigenvalue weighted by molar-refractivity contribution is -0.137. The van der Waals surface area contributed by atoms with Gasteiger partial charge in [0, 0.05) is 11.1 Å². The second-order valence-corrected chi connectivity index (χ2v) is 9.49. The van der Waals surface area contributed by atoms with Crippen LogP contribution in [0.3, 0.4) is 0 Å². The quantitative estimate of drug-likeness (QED) is 0.374. The summed E-state index contributed by atoms with van der Waals surface area (Å²) in [4.78, 5) is 13.4. The molecule has 0 spiro atoms. The Kier molecular flexibility index (Phi) is 6.35. The normalized spacial score (nSPS) is 16.1. The molecule has 0 fully saturated rings. The summed E-state index contributed by atoms with van der Waals surface area (Å²) in [5, 5.41) is 0. The Hall–Kier alpha value is -3.93. The van der Waals surface area contributed by atoms with Crippen molar-refractivity contribution >= 4 is 11.5 Å². The molecule has 0 saturated heterocycles. The molecule has 2 heterocycles. The predicted molar refractivity (Wildman–Crippen MR) is 137 cm³/mol. The van der Waals surface area contributed by atoms with Crippen LogP contribution in [0.25, 0.3) is 5.57 Å². The summed E-state index contributed by atoms with van der Waals surface area (Å²) < 4.78 is 28.9. The van der Waals surface area contributed by atoms with E-state index >= 15 is 0 Å². The van der Waals surface area contributed by atoms with Crippen molar-refractivity contribution in [3.05, 3.63) is 88.5 Å². The highest BCUT2D eigenvalue weighted by Gasteiger charge is 2.36. The van der Waals surface area contributed by atoms with E-state index in [1.807, 2.05) is 62.4 Å². The standard InChI is InChI=1S/C30H30O6/c1-17(2)19-6-8-20(9-7-19)29-28(30(31)32-5)27(21-10-12-25-26(14-21)34-16-33-25)23-15-22(35-18(3)4)11-13-24(23)36-29/h6-15,17-18,29H,16H2,1-5H3. The first-order valence-corrected chi connectivity index (χ1v) is 12.2. The summed E-state index contributed by atoms with van der Waals surface area (Å²) in [5.74, 6) is 2.58. The third kappa shape index (κ3) is 4.39. The highest BCUT2D eigenvalue weighted by molar-refractivity contribution is 6.05. The van der Waals surface area contributed by atoms with Crippen LogP contribution in [0, 0.1) is 0 Å². The average molecular weight is 487 g/mol. The molecule has 0 N–H and O–H groups in total. The van der Waals surface area contributed by atoms with Crippen molar-refractivity contribution < 1.29 is 28.5 Å². The van der Waals surface area contributed by atoms with Crippen molar-refractivity contribution in [3.8, 4) is 23.0 Å². The van der Waals surface area contributed by atoms with Crippen molar-refractivity contribution in [1.82, 2.24) is 0 Å². The molecule has 0 saturated carbocycles. The molecule has 36 heavy (non-hydrogen) atoms. The van der Waals surface area contributed by atoms with Crippen LogP contribution >= 0.6 is 0 Å². The van der Waals surface area contributed by atoms with E-state index in [-0.39, 0.29) is 12.9 Å². The molecule has 0 aromatic heterocycles. The van der Waals surface area contributed by atoms with Gasteiger partial charge in [0.25, 0.3) is 0 Å². The van der Waals surface area contributed by atoms with Gasteiger partial charge in [-0.05, 0) is 66.8 Å². The molecule has 2 aliphatic rings. The van der Waals surface area contributed by atoms with Crippen molar-refractivity contribution in [2.75, 3.05) is 13.9 Å². The first kappa shape index (κ1) is 23.8. The van der Waals surface area contributed by atoms with Gasteiger partial charge in [-0.25, -0.2) is 4.79 Å². The van der Waals surface area contributed by atoms with Crippen LogP contribution in [0.5, 0.6) is 23.0 Å². The van der Waals surface area contributed by atoms with Crippen LogP contribution in [0.4, 0.5) is 0 Å². The molecule has 6 nitrogen and oxygen atoms in total. The summed E-state index contributed by atoms with van der Waals surface area (Å²) in [6.07, 6.45) is -0.652. The minimum atomic E-state index is -0.650. The molecule has 3 aromatic rings. The molecular formula is C30H30O6. The maximum Gasteiger partial charge on any atom is 0.338 e. The number of hydrogen-bond donors (Lipinski definition) is 0.